The molecular weight excluding hydrogens is 352 g/mol. The van der Waals surface area contributed by atoms with Gasteiger partial charge in [0.15, 0.2) is 9.84 Å². The van der Waals surface area contributed by atoms with Crippen LogP contribution in [0.25, 0.3) is 0 Å². The Bertz CT molecular complexity index is 870. The number of benzene rings is 1. The smallest absolute Gasteiger partial charge is 0.278 e. The summed E-state index contributed by atoms with van der Waals surface area (Å²) in [6, 6.07) is 9.46. The molecule has 24 heavy (non-hydrogen) atoms. The van der Waals surface area contributed by atoms with E-state index in [1.165, 1.54) is 38.6 Å². The van der Waals surface area contributed by atoms with Gasteiger partial charge in [-0.1, -0.05) is 17.7 Å². The maximum absolute atomic E-state index is 12.9. The maximum atomic E-state index is 12.9. The molecule has 0 saturated heterocycles. The summed E-state index contributed by atoms with van der Waals surface area (Å²) < 4.78 is 58.1. The van der Waals surface area contributed by atoms with Crippen LogP contribution in [0.5, 0.6) is 0 Å². The second-order valence-electron chi connectivity index (χ2n) is 5.50. The van der Waals surface area contributed by atoms with Gasteiger partial charge in [0.1, 0.15) is 11.0 Å². The number of hydrogen-bond acceptors (Lipinski definition) is 5. The van der Waals surface area contributed by atoms with E-state index in [-0.39, 0.29) is 17.2 Å². The van der Waals surface area contributed by atoms with E-state index in [2.05, 4.69) is 4.72 Å². The van der Waals surface area contributed by atoms with Crippen LogP contribution in [0.1, 0.15) is 16.6 Å². The molecule has 2 rings (SSSR count). The van der Waals surface area contributed by atoms with Gasteiger partial charge in [-0.25, -0.2) is 13.1 Å². The van der Waals surface area contributed by atoms with Crippen LogP contribution in [0.15, 0.2) is 52.0 Å². The van der Waals surface area contributed by atoms with Gasteiger partial charge in [0.05, 0.1) is 11.2 Å². The molecule has 0 fully saturated rings. The van der Waals surface area contributed by atoms with E-state index in [9.17, 15) is 16.8 Å². The van der Waals surface area contributed by atoms with Gasteiger partial charge in [0.2, 0.25) is 0 Å². The monoisotopic (exact) mass is 372 g/mol. The van der Waals surface area contributed by atoms with E-state index in [0.29, 0.717) is 0 Å². The normalized spacial score (nSPS) is 14.0. The Morgan fingerprint density at radius 3 is 2.21 bits per heavy atom. The molecule has 0 amide bonds. The van der Waals surface area contributed by atoms with Crippen molar-refractivity contribution in [3.05, 3.63) is 54.0 Å². The second kappa shape index (κ2) is 7.06. The van der Waals surface area contributed by atoms with Crippen LogP contribution in [0, 0.1) is 6.92 Å². The van der Waals surface area contributed by atoms with Crippen molar-refractivity contribution in [3.8, 4) is 0 Å². The number of furan rings is 1. The predicted octanol–water partition coefficient (Wildman–Crippen LogP) is 1.50. The number of nitrogens with zero attached hydrogens (tertiary/aromatic N) is 1. The molecule has 0 spiro atoms. The third-order valence-electron chi connectivity index (χ3n) is 3.52. The van der Waals surface area contributed by atoms with Gasteiger partial charge >= 0.3 is 0 Å². The highest BCUT2D eigenvalue weighted by atomic mass is 32.2. The SMILES string of the molecule is Cc1ccc(S(=O)(=O)C(CNS(=O)(=O)N(C)C)c2ccco2)cc1. The van der Waals surface area contributed by atoms with Crippen LogP contribution in [0.4, 0.5) is 0 Å². The van der Waals surface area contributed by atoms with Crippen molar-refractivity contribution in [2.75, 3.05) is 20.6 Å². The standard InChI is InChI=1S/C15H20N2O5S2/c1-12-6-8-13(9-7-12)23(18,19)15(14-5-4-10-22-14)11-16-24(20,21)17(2)3/h4-10,15-16H,11H2,1-3H3. The molecular formula is C15H20N2O5S2. The minimum atomic E-state index is -3.83. The minimum Gasteiger partial charge on any atom is -0.468 e. The van der Waals surface area contributed by atoms with Crippen molar-refractivity contribution < 1.29 is 21.3 Å². The summed E-state index contributed by atoms with van der Waals surface area (Å²) in [6.45, 7) is 1.52. The molecule has 0 bridgehead atoms. The summed E-state index contributed by atoms with van der Waals surface area (Å²) in [4.78, 5) is 0.110. The fourth-order valence-electron chi connectivity index (χ4n) is 2.04. The molecule has 0 aliphatic rings. The molecule has 1 atom stereocenters. The number of hydrogen-bond donors (Lipinski definition) is 1. The van der Waals surface area contributed by atoms with E-state index >= 15 is 0 Å². The molecule has 0 aliphatic carbocycles. The largest absolute Gasteiger partial charge is 0.468 e. The summed E-state index contributed by atoms with van der Waals surface area (Å²) in [5.41, 5.74) is 0.928. The van der Waals surface area contributed by atoms with Gasteiger partial charge in [0, 0.05) is 20.6 Å². The molecule has 1 aromatic carbocycles. The summed E-state index contributed by atoms with van der Waals surface area (Å²) in [6.07, 6.45) is 1.35. The highest BCUT2D eigenvalue weighted by Crippen LogP contribution is 2.29. The Balaban J connectivity index is 2.38. The number of rotatable bonds is 7. The van der Waals surface area contributed by atoms with Gasteiger partial charge < -0.3 is 4.42 Å². The molecule has 7 nitrogen and oxygen atoms in total. The zero-order valence-electron chi connectivity index (χ0n) is 13.6. The van der Waals surface area contributed by atoms with Crippen molar-refractivity contribution in [1.29, 1.82) is 0 Å². The Kier molecular flexibility index (Phi) is 5.49. The van der Waals surface area contributed by atoms with Crippen LogP contribution < -0.4 is 4.72 Å². The first-order chi connectivity index (χ1) is 11.1. The first-order valence-corrected chi connectivity index (χ1v) is 10.1. The van der Waals surface area contributed by atoms with Crippen LogP contribution >= 0.6 is 0 Å². The topological polar surface area (TPSA) is 96.7 Å². The third kappa shape index (κ3) is 4.04. The summed E-state index contributed by atoms with van der Waals surface area (Å²) >= 11 is 0. The van der Waals surface area contributed by atoms with Crippen molar-refractivity contribution in [2.24, 2.45) is 0 Å². The Morgan fingerprint density at radius 2 is 1.71 bits per heavy atom. The van der Waals surface area contributed by atoms with Crippen LogP contribution in [-0.2, 0) is 20.0 Å². The first-order valence-electron chi connectivity index (χ1n) is 7.15. The highest BCUT2D eigenvalue weighted by molar-refractivity contribution is 7.91. The molecule has 1 N–H and O–H groups in total. The lowest BCUT2D eigenvalue weighted by atomic mass is 10.2. The Labute approximate surface area is 142 Å². The molecule has 1 heterocycles. The average molecular weight is 372 g/mol. The minimum absolute atomic E-state index is 0.110. The average Bonchev–Trinajstić information content (AvgIpc) is 3.01. The number of aryl methyl sites for hydroxylation is 1. The molecule has 0 saturated carbocycles. The van der Waals surface area contributed by atoms with E-state index in [4.69, 9.17) is 4.42 Å². The summed E-state index contributed by atoms with van der Waals surface area (Å²) in [5, 5.41) is -1.16. The molecule has 132 valence electrons. The number of sulfone groups is 1. The molecule has 0 radical (unpaired) electrons. The van der Waals surface area contributed by atoms with Crippen LogP contribution in [0.3, 0.4) is 0 Å². The van der Waals surface area contributed by atoms with Crippen molar-refractivity contribution >= 4 is 20.0 Å². The molecule has 1 aromatic heterocycles. The maximum Gasteiger partial charge on any atom is 0.278 e. The molecule has 1 unspecified atom stereocenters. The zero-order valence-corrected chi connectivity index (χ0v) is 15.3. The van der Waals surface area contributed by atoms with Crippen molar-refractivity contribution in [3.63, 3.8) is 0 Å². The fraction of sp³-hybridized carbons (Fsp3) is 0.333. The van der Waals surface area contributed by atoms with Gasteiger partial charge in [-0.2, -0.15) is 12.7 Å². The zero-order chi connectivity index (χ0) is 18.0. The summed E-state index contributed by atoms with van der Waals surface area (Å²) in [5.74, 6) is 0.178. The van der Waals surface area contributed by atoms with E-state index in [1.807, 2.05) is 6.92 Å². The van der Waals surface area contributed by atoms with Gasteiger partial charge in [0.25, 0.3) is 10.2 Å². The third-order valence-corrected chi connectivity index (χ3v) is 7.09. The van der Waals surface area contributed by atoms with E-state index in [0.717, 1.165) is 9.87 Å². The van der Waals surface area contributed by atoms with Crippen LogP contribution in [0.2, 0.25) is 0 Å². The second-order valence-corrected chi connectivity index (χ2v) is 9.60. The fourth-order valence-corrected chi connectivity index (χ4v) is 4.37. The molecule has 9 heteroatoms. The quantitative estimate of drug-likeness (QED) is 0.794. The lowest BCUT2D eigenvalue weighted by Crippen LogP contribution is -2.39. The van der Waals surface area contributed by atoms with Gasteiger partial charge in [-0.15, -0.1) is 0 Å². The lowest BCUT2D eigenvalue weighted by Gasteiger charge is -2.18. The Morgan fingerprint density at radius 1 is 1.08 bits per heavy atom. The van der Waals surface area contributed by atoms with Crippen molar-refractivity contribution in [1.82, 2.24) is 9.03 Å². The van der Waals surface area contributed by atoms with Crippen molar-refractivity contribution in [2.45, 2.75) is 17.1 Å². The molecule has 2 aromatic rings. The summed E-state index contributed by atoms with van der Waals surface area (Å²) in [7, 11) is -4.86. The highest BCUT2D eigenvalue weighted by Gasteiger charge is 2.32. The lowest BCUT2D eigenvalue weighted by molar-refractivity contribution is 0.477. The predicted molar refractivity (Wildman–Crippen MR) is 90.4 cm³/mol. The Hall–Kier alpha value is -1.68. The van der Waals surface area contributed by atoms with E-state index < -0.39 is 25.3 Å². The van der Waals surface area contributed by atoms with E-state index in [1.54, 1.807) is 18.2 Å². The van der Waals surface area contributed by atoms with Gasteiger partial charge in [-0.05, 0) is 31.2 Å². The van der Waals surface area contributed by atoms with Crippen LogP contribution in [-0.4, -0.2) is 41.8 Å². The first kappa shape index (κ1) is 18.7. The van der Waals surface area contributed by atoms with Gasteiger partial charge in [-0.3, -0.25) is 0 Å². The number of nitrogens with one attached hydrogen (secondary N) is 1. The molecule has 0 aliphatic heterocycles.